The minimum absolute atomic E-state index is 0.202. The average molecular weight is 306 g/mol. The van der Waals surface area contributed by atoms with Crippen LogP contribution in [0.3, 0.4) is 0 Å². The number of aliphatic hydroxyl groups is 1. The van der Waals surface area contributed by atoms with Crippen LogP contribution in [0.1, 0.15) is 58.8 Å². The first-order valence-electron chi connectivity index (χ1n) is 8.20. The van der Waals surface area contributed by atoms with Crippen LogP contribution in [0.25, 0.3) is 0 Å². The molecule has 0 saturated carbocycles. The standard InChI is InChI=1S/C15H35NO3Si/c1-4-18-20(3,19-15(2)11-12-16)14-10-8-6-5-7-9-13-17/h15,17H,4-14,16H2,1-3H3. The van der Waals surface area contributed by atoms with Gasteiger partial charge in [0, 0.05) is 19.3 Å². The summed E-state index contributed by atoms with van der Waals surface area (Å²) in [6.45, 7) is 8.03. The molecule has 5 heteroatoms. The number of aliphatic hydroxyl groups excluding tert-OH is 1. The SMILES string of the molecule is CCO[Si](C)(CCCCCCCCO)OC(C)CCN. The van der Waals surface area contributed by atoms with Gasteiger partial charge in [0.1, 0.15) is 0 Å². The van der Waals surface area contributed by atoms with Crippen LogP contribution < -0.4 is 5.73 Å². The molecule has 0 amide bonds. The molecule has 4 nitrogen and oxygen atoms in total. The molecule has 20 heavy (non-hydrogen) atoms. The molecular weight excluding hydrogens is 270 g/mol. The highest BCUT2D eigenvalue weighted by Gasteiger charge is 2.32. The fourth-order valence-corrected chi connectivity index (χ4v) is 5.26. The van der Waals surface area contributed by atoms with E-state index in [1.807, 2.05) is 6.92 Å². The predicted molar refractivity (Wildman–Crippen MR) is 87.1 cm³/mol. The van der Waals surface area contributed by atoms with Gasteiger partial charge in [-0.1, -0.05) is 32.1 Å². The molecule has 122 valence electrons. The van der Waals surface area contributed by atoms with E-state index in [1.54, 1.807) is 0 Å². The van der Waals surface area contributed by atoms with Gasteiger partial charge in [0.2, 0.25) is 0 Å². The van der Waals surface area contributed by atoms with Gasteiger partial charge in [-0.15, -0.1) is 0 Å². The second-order valence-electron chi connectivity index (χ2n) is 5.67. The zero-order valence-electron chi connectivity index (χ0n) is 13.7. The van der Waals surface area contributed by atoms with Gasteiger partial charge in [-0.25, -0.2) is 0 Å². The van der Waals surface area contributed by atoms with Crippen LogP contribution in [0.15, 0.2) is 0 Å². The molecule has 0 heterocycles. The van der Waals surface area contributed by atoms with Crippen molar-refractivity contribution in [2.75, 3.05) is 19.8 Å². The summed E-state index contributed by atoms with van der Waals surface area (Å²) >= 11 is 0. The first-order chi connectivity index (χ1) is 9.58. The molecule has 0 aromatic carbocycles. The van der Waals surface area contributed by atoms with Crippen molar-refractivity contribution in [3.8, 4) is 0 Å². The van der Waals surface area contributed by atoms with Gasteiger partial charge in [-0.3, -0.25) is 0 Å². The second kappa shape index (κ2) is 12.8. The zero-order valence-corrected chi connectivity index (χ0v) is 14.7. The Bertz CT molecular complexity index is 219. The summed E-state index contributed by atoms with van der Waals surface area (Å²) in [6.07, 6.45) is 8.05. The van der Waals surface area contributed by atoms with Crippen molar-refractivity contribution in [3.63, 3.8) is 0 Å². The Morgan fingerprint density at radius 3 is 2.25 bits per heavy atom. The lowest BCUT2D eigenvalue weighted by molar-refractivity contribution is 0.126. The first-order valence-corrected chi connectivity index (χ1v) is 10.7. The molecule has 0 radical (unpaired) electrons. The summed E-state index contributed by atoms with van der Waals surface area (Å²) in [7, 11) is -2.02. The first kappa shape index (κ1) is 20.1. The van der Waals surface area contributed by atoms with Gasteiger partial charge in [0.15, 0.2) is 0 Å². The Labute approximate surface area is 126 Å². The highest BCUT2D eigenvalue weighted by Crippen LogP contribution is 2.21. The highest BCUT2D eigenvalue weighted by molar-refractivity contribution is 6.66. The van der Waals surface area contributed by atoms with E-state index in [9.17, 15) is 0 Å². The van der Waals surface area contributed by atoms with Crippen LogP contribution in [0.4, 0.5) is 0 Å². The molecule has 0 aromatic heterocycles. The van der Waals surface area contributed by atoms with Crippen molar-refractivity contribution in [1.29, 1.82) is 0 Å². The quantitative estimate of drug-likeness (QED) is 0.382. The summed E-state index contributed by atoms with van der Waals surface area (Å²) in [5, 5.41) is 8.73. The fraction of sp³-hybridized carbons (Fsp3) is 1.00. The molecule has 3 N–H and O–H groups in total. The lowest BCUT2D eigenvalue weighted by Crippen LogP contribution is -2.42. The van der Waals surface area contributed by atoms with E-state index in [0.717, 1.165) is 31.9 Å². The van der Waals surface area contributed by atoms with E-state index in [4.69, 9.17) is 19.7 Å². The molecule has 0 bridgehead atoms. The van der Waals surface area contributed by atoms with Crippen LogP contribution in [-0.4, -0.2) is 39.5 Å². The van der Waals surface area contributed by atoms with Crippen LogP contribution in [0, 0.1) is 0 Å². The maximum absolute atomic E-state index is 8.73. The number of nitrogens with two attached hydrogens (primary N) is 1. The van der Waals surface area contributed by atoms with Crippen LogP contribution in [0.5, 0.6) is 0 Å². The molecule has 2 atom stereocenters. The van der Waals surface area contributed by atoms with Gasteiger partial charge >= 0.3 is 8.56 Å². The van der Waals surface area contributed by atoms with Crippen molar-refractivity contribution in [2.24, 2.45) is 5.73 Å². The Morgan fingerprint density at radius 1 is 1.10 bits per heavy atom. The van der Waals surface area contributed by atoms with Crippen molar-refractivity contribution < 1.29 is 14.0 Å². The van der Waals surface area contributed by atoms with Crippen molar-refractivity contribution >= 4 is 8.56 Å². The zero-order chi connectivity index (χ0) is 15.3. The maximum Gasteiger partial charge on any atom is 0.335 e. The van der Waals surface area contributed by atoms with E-state index in [0.29, 0.717) is 13.2 Å². The average Bonchev–Trinajstić information content (AvgIpc) is 2.38. The van der Waals surface area contributed by atoms with Gasteiger partial charge in [-0.05, 0) is 45.8 Å². The van der Waals surface area contributed by atoms with Gasteiger partial charge < -0.3 is 19.7 Å². The molecule has 0 rings (SSSR count). The van der Waals surface area contributed by atoms with Crippen LogP contribution in [0.2, 0.25) is 12.6 Å². The third-order valence-corrected chi connectivity index (χ3v) is 6.57. The molecule has 0 aliphatic carbocycles. The van der Waals surface area contributed by atoms with Crippen LogP contribution >= 0.6 is 0 Å². The molecule has 2 unspecified atom stereocenters. The Balaban J connectivity index is 3.87. The molecule has 0 saturated heterocycles. The van der Waals surface area contributed by atoms with Crippen molar-refractivity contribution in [3.05, 3.63) is 0 Å². The van der Waals surface area contributed by atoms with Gasteiger partial charge in [0.25, 0.3) is 0 Å². The molecule has 0 aliphatic heterocycles. The fourth-order valence-electron chi connectivity index (χ4n) is 2.45. The van der Waals surface area contributed by atoms with Crippen molar-refractivity contribution in [1.82, 2.24) is 0 Å². The molecule has 0 spiro atoms. The van der Waals surface area contributed by atoms with Gasteiger partial charge in [0.05, 0.1) is 0 Å². The van der Waals surface area contributed by atoms with E-state index < -0.39 is 8.56 Å². The highest BCUT2D eigenvalue weighted by atomic mass is 28.4. The number of rotatable bonds is 14. The van der Waals surface area contributed by atoms with Crippen LogP contribution in [-0.2, 0) is 8.85 Å². The molecule has 0 fully saturated rings. The summed E-state index contributed by atoms with van der Waals surface area (Å²) in [5.74, 6) is 0. The minimum atomic E-state index is -2.02. The predicted octanol–water partition coefficient (Wildman–Crippen LogP) is 3.18. The summed E-state index contributed by atoms with van der Waals surface area (Å²) < 4.78 is 12.1. The number of hydrogen-bond acceptors (Lipinski definition) is 4. The van der Waals surface area contributed by atoms with E-state index >= 15 is 0 Å². The van der Waals surface area contributed by atoms with E-state index in [2.05, 4.69) is 13.5 Å². The molecule has 0 aromatic rings. The summed E-state index contributed by atoms with van der Waals surface area (Å²) in [4.78, 5) is 0. The molecule has 0 aliphatic rings. The van der Waals surface area contributed by atoms with Gasteiger partial charge in [-0.2, -0.15) is 0 Å². The Hall–Kier alpha value is 0.0569. The minimum Gasteiger partial charge on any atom is -0.396 e. The lowest BCUT2D eigenvalue weighted by Gasteiger charge is -2.30. The monoisotopic (exact) mass is 305 g/mol. The Kier molecular flexibility index (Phi) is 12.8. The Morgan fingerprint density at radius 2 is 1.70 bits per heavy atom. The number of hydrogen-bond donors (Lipinski definition) is 2. The van der Waals surface area contributed by atoms with E-state index in [1.165, 1.54) is 25.7 Å². The largest absolute Gasteiger partial charge is 0.396 e. The third kappa shape index (κ3) is 10.8. The van der Waals surface area contributed by atoms with E-state index in [-0.39, 0.29) is 6.10 Å². The topological polar surface area (TPSA) is 64.7 Å². The smallest absolute Gasteiger partial charge is 0.335 e. The lowest BCUT2D eigenvalue weighted by atomic mass is 10.1. The molecular formula is C15H35NO3Si. The summed E-state index contributed by atoms with van der Waals surface area (Å²) in [6, 6.07) is 1.07. The number of unbranched alkanes of at least 4 members (excludes halogenated alkanes) is 5. The normalized spacial score (nSPS) is 16.1. The summed E-state index contributed by atoms with van der Waals surface area (Å²) in [5.41, 5.74) is 5.58. The second-order valence-corrected chi connectivity index (χ2v) is 8.96. The maximum atomic E-state index is 8.73. The van der Waals surface area contributed by atoms with Crippen molar-refractivity contribution in [2.45, 2.75) is 77.5 Å². The third-order valence-electron chi connectivity index (χ3n) is 3.51.